The first-order chi connectivity index (χ1) is 20.9. The van der Waals surface area contributed by atoms with Crippen LogP contribution in [0.15, 0.2) is 42.7 Å². The first-order valence-electron chi connectivity index (χ1n) is 19.0. The number of nitrogens with one attached hydrogen (secondary N) is 1. The van der Waals surface area contributed by atoms with E-state index in [1.54, 1.807) is 0 Å². The van der Waals surface area contributed by atoms with Gasteiger partial charge in [0.2, 0.25) is 0 Å². The quantitative estimate of drug-likeness (QED) is 0.0701. The first-order valence-corrected chi connectivity index (χ1v) is 19.0. The van der Waals surface area contributed by atoms with Gasteiger partial charge in [-0.05, 0) is 25.0 Å². The van der Waals surface area contributed by atoms with Crippen LogP contribution in [0.4, 0.5) is 0 Å². The molecular formula is C40H71N2+. The third kappa shape index (κ3) is 18.2. The van der Waals surface area contributed by atoms with Crippen LogP contribution >= 0.6 is 0 Å². The number of aromatic amines is 1. The summed E-state index contributed by atoms with van der Waals surface area (Å²) in [5.74, 6) is 2.05. The fraction of sp³-hybridized carbons (Fsp3) is 0.775. The zero-order valence-corrected chi connectivity index (χ0v) is 28.4. The van der Waals surface area contributed by atoms with Crippen molar-refractivity contribution in [2.75, 3.05) is 0 Å². The molecule has 1 aromatic heterocycles. The van der Waals surface area contributed by atoms with E-state index in [9.17, 15) is 0 Å². The molecule has 2 heteroatoms. The third-order valence-electron chi connectivity index (χ3n) is 9.45. The molecule has 0 bridgehead atoms. The number of benzene rings is 1. The van der Waals surface area contributed by atoms with Crippen LogP contribution in [-0.4, -0.2) is 4.98 Å². The molecule has 1 atom stereocenters. The molecule has 1 N–H and O–H groups in total. The van der Waals surface area contributed by atoms with Gasteiger partial charge >= 0.3 is 0 Å². The van der Waals surface area contributed by atoms with Crippen molar-refractivity contribution in [2.24, 2.45) is 0 Å². The topological polar surface area (TPSA) is 19.7 Å². The van der Waals surface area contributed by atoms with Crippen molar-refractivity contribution in [1.29, 1.82) is 0 Å². The van der Waals surface area contributed by atoms with Gasteiger partial charge in [0.25, 0.3) is 5.82 Å². The molecule has 0 radical (unpaired) electrons. The second kappa shape index (κ2) is 27.0. The largest absolute Gasteiger partial charge is 0.262 e. The van der Waals surface area contributed by atoms with E-state index in [1.165, 1.54) is 191 Å². The summed E-state index contributed by atoms with van der Waals surface area (Å²) in [5, 5.41) is 0. The number of hydrogen-bond donors (Lipinski definition) is 1. The SMILES string of the molecule is CCCCCCCCCCCCCCCCCC[C@H](CCCCCCCCCCCC)c1[nH]cc[n+]1-c1ccccc1. The van der Waals surface area contributed by atoms with Crippen LogP contribution < -0.4 is 4.57 Å². The lowest BCUT2D eigenvalue weighted by atomic mass is 9.93. The van der Waals surface area contributed by atoms with Crippen LogP contribution in [0.1, 0.15) is 205 Å². The summed E-state index contributed by atoms with van der Waals surface area (Å²) in [6, 6.07) is 10.9. The molecule has 0 aliphatic rings. The average molecular weight is 580 g/mol. The molecular weight excluding hydrogens is 508 g/mol. The Bertz CT molecular complexity index is 810. The van der Waals surface area contributed by atoms with Crippen LogP contribution in [0.2, 0.25) is 0 Å². The Hall–Kier alpha value is -1.57. The van der Waals surface area contributed by atoms with Crippen molar-refractivity contribution < 1.29 is 4.57 Å². The number of H-pyrrole nitrogens is 1. The molecule has 1 aromatic carbocycles. The van der Waals surface area contributed by atoms with Gasteiger partial charge in [0.1, 0.15) is 18.1 Å². The molecule has 240 valence electrons. The minimum atomic E-state index is 0.640. The van der Waals surface area contributed by atoms with Crippen molar-refractivity contribution in [3.63, 3.8) is 0 Å². The second-order valence-electron chi connectivity index (χ2n) is 13.3. The van der Waals surface area contributed by atoms with Gasteiger partial charge in [-0.1, -0.05) is 199 Å². The molecule has 0 saturated carbocycles. The number of hydrogen-bond acceptors (Lipinski definition) is 0. The van der Waals surface area contributed by atoms with Crippen molar-refractivity contribution in [3.8, 4) is 5.69 Å². The van der Waals surface area contributed by atoms with E-state index in [2.05, 4.69) is 66.1 Å². The highest BCUT2D eigenvalue weighted by Crippen LogP contribution is 2.27. The van der Waals surface area contributed by atoms with E-state index in [1.807, 2.05) is 0 Å². The number of para-hydroxylation sites is 1. The van der Waals surface area contributed by atoms with Crippen LogP contribution in [0.5, 0.6) is 0 Å². The van der Waals surface area contributed by atoms with Crippen LogP contribution in [0.25, 0.3) is 5.69 Å². The average Bonchev–Trinajstić information content (AvgIpc) is 3.51. The molecule has 2 aromatic rings. The van der Waals surface area contributed by atoms with Crippen molar-refractivity contribution in [2.45, 2.75) is 200 Å². The standard InChI is InChI=1S/C40H70N2/c1-3-5-7-9-11-13-15-16-17-18-19-20-22-24-26-29-33-38(32-28-25-23-21-14-12-10-8-6-4-2)40-41-36-37-42(40)39-34-30-27-31-35-39/h27,30-31,34-38H,3-26,28-29,32-33H2,1-2H3/p+1/t38-/m0/s1. The van der Waals surface area contributed by atoms with Crippen LogP contribution in [0.3, 0.4) is 0 Å². The van der Waals surface area contributed by atoms with Gasteiger partial charge in [-0.2, -0.15) is 4.57 Å². The van der Waals surface area contributed by atoms with Gasteiger partial charge < -0.3 is 0 Å². The summed E-state index contributed by atoms with van der Waals surface area (Å²) in [7, 11) is 0. The Morgan fingerprint density at radius 1 is 0.476 bits per heavy atom. The summed E-state index contributed by atoms with van der Waals surface area (Å²) in [5.41, 5.74) is 1.29. The maximum Gasteiger partial charge on any atom is 0.262 e. The molecule has 0 aliphatic carbocycles. The van der Waals surface area contributed by atoms with E-state index in [0.29, 0.717) is 5.92 Å². The fourth-order valence-corrected chi connectivity index (χ4v) is 6.71. The highest BCUT2D eigenvalue weighted by Gasteiger charge is 2.23. The zero-order valence-electron chi connectivity index (χ0n) is 28.4. The fourth-order valence-electron chi connectivity index (χ4n) is 6.71. The Morgan fingerprint density at radius 2 is 0.833 bits per heavy atom. The number of unbranched alkanes of at least 4 members (excludes halogenated alkanes) is 24. The summed E-state index contributed by atoms with van der Waals surface area (Å²) >= 11 is 0. The molecule has 0 fully saturated rings. The van der Waals surface area contributed by atoms with Crippen LogP contribution in [-0.2, 0) is 0 Å². The summed E-state index contributed by atoms with van der Waals surface area (Å²) in [6.45, 7) is 4.61. The lowest BCUT2D eigenvalue weighted by molar-refractivity contribution is -0.604. The maximum atomic E-state index is 3.66. The van der Waals surface area contributed by atoms with E-state index < -0.39 is 0 Å². The zero-order chi connectivity index (χ0) is 29.8. The number of rotatable bonds is 30. The van der Waals surface area contributed by atoms with Crippen LogP contribution in [0, 0.1) is 0 Å². The highest BCUT2D eigenvalue weighted by atomic mass is 15.1. The molecule has 42 heavy (non-hydrogen) atoms. The minimum Gasteiger partial charge on any atom is -0.247 e. The highest BCUT2D eigenvalue weighted by molar-refractivity contribution is 5.22. The predicted molar refractivity (Wildman–Crippen MR) is 186 cm³/mol. The Labute approximate surface area is 262 Å². The Kier molecular flexibility index (Phi) is 23.6. The number of aromatic nitrogens is 2. The Balaban J connectivity index is 1.60. The van der Waals surface area contributed by atoms with E-state index in [0.717, 1.165) is 0 Å². The second-order valence-corrected chi connectivity index (χ2v) is 13.3. The van der Waals surface area contributed by atoms with Gasteiger partial charge in [-0.25, -0.2) is 4.98 Å². The van der Waals surface area contributed by atoms with Crippen molar-refractivity contribution in [3.05, 3.63) is 48.5 Å². The van der Waals surface area contributed by atoms with Gasteiger partial charge in [-0.3, -0.25) is 0 Å². The third-order valence-corrected chi connectivity index (χ3v) is 9.45. The summed E-state index contributed by atoms with van der Waals surface area (Å²) < 4.78 is 2.41. The van der Waals surface area contributed by atoms with E-state index in [4.69, 9.17) is 0 Å². The molecule has 1 heterocycles. The maximum absolute atomic E-state index is 3.66. The molecule has 2 nitrogen and oxygen atoms in total. The van der Waals surface area contributed by atoms with E-state index in [-0.39, 0.29) is 0 Å². The number of nitrogens with zero attached hydrogens (tertiary/aromatic N) is 1. The van der Waals surface area contributed by atoms with Gasteiger partial charge in [0.05, 0.1) is 5.92 Å². The lowest BCUT2D eigenvalue weighted by Crippen LogP contribution is -2.34. The summed E-state index contributed by atoms with van der Waals surface area (Å²) in [6.07, 6.45) is 44.2. The van der Waals surface area contributed by atoms with Gasteiger partial charge in [0, 0.05) is 0 Å². The predicted octanol–water partition coefficient (Wildman–Crippen LogP) is 13.3. The number of imidazole rings is 1. The van der Waals surface area contributed by atoms with Crippen molar-refractivity contribution in [1.82, 2.24) is 4.98 Å². The molecule has 0 spiro atoms. The molecule has 0 saturated heterocycles. The van der Waals surface area contributed by atoms with Crippen molar-refractivity contribution >= 4 is 0 Å². The smallest absolute Gasteiger partial charge is 0.247 e. The van der Waals surface area contributed by atoms with E-state index >= 15 is 0 Å². The lowest BCUT2D eigenvalue weighted by Gasteiger charge is -2.14. The molecule has 0 unspecified atom stereocenters. The molecule has 0 aliphatic heterocycles. The minimum absolute atomic E-state index is 0.640. The van der Waals surface area contributed by atoms with Gasteiger partial charge in [-0.15, -0.1) is 0 Å². The molecule has 2 rings (SSSR count). The Morgan fingerprint density at radius 3 is 1.21 bits per heavy atom. The summed E-state index contributed by atoms with van der Waals surface area (Å²) in [4.78, 5) is 3.66. The molecule has 0 amide bonds. The monoisotopic (exact) mass is 580 g/mol. The normalized spacial score (nSPS) is 12.2. The first kappa shape index (κ1) is 36.6. The van der Waals surface area contributed by atoms with Gasteiger partial charge in [0.15, 0.2) is 0 Å².